The zero-order valence-electron chi connectivity index (χ0n) is 8.14. The fourth-order valence-electron chi connectivity index (χ4n) is 1.97. The standard InChI is InChI=1S/C9H15NO4/c1-2-5-10-6(8(11)12)3-4-7(10)9(13)14/h6-7H,2-5H2,1H3,(H,11,12)(H,13,14). The summed E-state index contributed by atoms with van der Waals surface area (Å²) in [6, 6.07) is -1.23. The van der Waals surface area contributed by atoms with Gasteiger partial charge in [0, 0.05) is 0 Å². The maximum Gasteiger partial charge on any atom is 0.320 e. The molecule has 80 valence electrons. The van der Waals surface area contributed by atoms with Crippen molar-refractivity contribution < 1.29 is 19.8 Å². The normalized spacial score (nSPS) is 27.8. The van der Waals surface area contributed by atoms with Crippen molar-refractivity contribution in [1.82, 2.24) is 4.90 Å². The van der Waals surface area contributed by atoms with Crippen LogP contribution in [0.3, 0.4) is 0 Å². The van der Waals surface area contributed by atoms with Gasteiger partial charge in [-0.25, -0.2) is 0 Å². The maximum absolute atomic E-state index is 10.8. The van der Waals surface area contributed by atoms with Gasteiger partial charge in [-0.15, -0.1) is 0 Å². The van der Waals surface area contributed by atoms with Crippen molar-refractivity contribution in [2.24, 2.45) is 0 Å². The molecule has 14 heavy (non-hydrogen) atoms. The fourth-order valence-corrected chi connectivity index (χ4v) is 1.97. The first-order valence-corrected chi connectivity index (χ1v) is 4.79. The number of carboxylic acids is 2. The molecule has 0 amide bonds. The summed E-state index contributed by atoms with van der Waals surface area (Å²) < 4.78 is 0. The predicted octanol–water partition coefficient (Wildman–Crippen LogP) is 0.399. The van der Waals surface area contributed by atoms with E-state index in [1.165, 1.54) is 0 Å². The third-order valence-electron chi connectivity index (χ3n) is 2.57. The van der Waals surface area contributed by atoms with Gasteiger partial charge in [0.2, 0.25) is 0 Å². The Labute approximate surface area is 82.3 Å². The van der Waals surface area contributed by atoms with E-state index in [-0.39, 0.29) is 0 Å². The van der Waals surface area contributed by atoms with Gasteiger partial charge in [0.25, 0.3) is 0 Å². The molecular formula is C9H15NO4. The number of hydrogen-bond acceptors (Lipinski definition) is 3. The summed E-state index contributed by atoms with van der Waals surface area (Å²) in [7, 11) is 0. The van der Waals surface area contributed by atoms with Crippen molar-refractivity contribution >= 4 is 11.9 Å². The lowest BCUT2D eigenvalue weighted by atomic mass is 10.2. The van der Waals surface area contributed by atoms with Gasteiger partial charge < -0.3 is 10.2 Å². The van der Waals surface area contributed by atoms with Crippen molar-refractivity contribution in [2.45, 2.75) is 38.3 Å². The second-order valence-corrected chi connectivity index (χ2v) is 3.52. The van der Waals surface area contributed by atoms with Crippen LogP contribution in [0.5, 0.6) is 0 Å². The summed E-state index contributed by atoms with van der Waals surface area (Å²) in [4.78, 5) is 23.2. The van der Waals surface area contributed by atoms with Crippen LogP contribution in [0.2, 0.25) is 0 Å². The molecule has 0 bridgehead atoms. The molecule has 5 nitrogen and oxygen atoms in total. The molecule has 0 spiro atoms. The van der Waals surface area contributed by atoms with Crippen LogP contribution in [-0.2, 0) is 9.59 Å². The van der Waals surface area contributed by atoms with Gasteiger partial charge in [0.1, 0.15) is 12.1 Å². The first-order chi connectivity index (χ1) is 6.57. The Balaban J connectivity index is 2.73. The Hall–Kier alpha value is -1.10. The molecule has 1 heterocycles. The molecule has 0 saturated carbocycles. The molecule has 2 atom stereocenters. The van der Waals surface area contributed by atoms with E-state index in [9.17, 15) is 9.59 Å². The van der Waals surface area contributed by atoms with Crippen molar-refractivity contribution in [2.75, 3.05) is 6.54 Å². The van der Waals surface area contributed by atoms with E-state index in [1.807, 2.05) is 6.92 Å². The number of aliphatic carboxylic acids is 2. The molecule has 0 aromatic rings. The third kappa shape index (κ3) is 2.04. The number of carboxylic acid groups (broad SMARTS) is 2. The van der Waals surface area contributed by atoms with E-state index in [2.05, 4.69) is 0 Å². The van der Waals surface area contributed by atoms with Crippen molar-refractivity contribution in [3.8, 4) is 0 Å². The van der Waals surface area contributed by atoms with Crippen LogP contribution in [0.25, 0.3) is 0 Å². The summed E-state index contributed by atoms with van der Waals surface area (Å²) >= 11 is 0. The largest absolute Gasteiger partial charge is 0.480 e. The van der Waals surface area contributed by atoms with Crippen LogP contribution in [0, 0.1) is 0 Å². The SMILES string of the molecule is CCCN1C(C(=O)O)CCC1C(=O)O. The summed E-state index contributed by atoms with van der Waals surface area (Å²) in [5, 5.41) is 17.8. The topological polar surface area (TPSA) is 77.8 Å². The highest BCUT2D eigenvalue weighted by molar-refractivity contribution is 5.79. The Morgan fingerprint density at radius 2 is 1.64 bits per heavy atom. The molecule has 1 fully saturated rings. The van der Waals surface area contributed by atoms with E-state index in [1.54, 1.807) is 4.90 Å². The second kappa shape index (κ2) is 4.41. The zero-order chi connectivity index (χ0) is 10.7. The van der Waals surface area contributed by atoms with Gasteiger partial charge in [-0.1, -0.05) is 6.92 Å². The van der Waals surface area contributed by atoms with Gasteiger partial charge >= 0.3 is 11.9 Å². The molecular weight excluding hydrogens is 186 g/mol. The average Bonchev–Trinajstić information content (AvgIpc) is 2.48. The molecule has 0 aliphatic carbocycles. The Bertz CT molecular complexity index is 219. The minimum Gasteiger partial charge on any atom is -0.480 e. The quantitative estimate of drug-likeness (QED) is 0.688. The lowest BCUT2D eigenvalue weighted by molar-refractivity contribution is -0.146. The van der Waals surface area contributed by atoms with Gasteiger partial charge in [0.05, 0.1) is 0 Å². The summed E-state index contributed by atoms with van der Waals surface area (Å²) in [6.45, 7) is 2.45. The average molecular weight is 201 g/mol. The van der Waals surface area contributed by atoms with Gasteiger partial charge in [-0.05, 0) is 25.8 Å². The molecule has 2 N–H and O–H groups in total. The first kappa shape index (κ1) is 11.0. The molecule has 1 aliphatic heterocycles. The monoisotopic (exact) mass is 201 g/mol. The second-order valence-electron chi connectivity index (χ2n) is 3.52. The molecule has 1 aliphatic rings. The van der Waals surface area contributed by atoms with E-state index >= 15 is 0 Å². The Morgan fingerprint density at radius 1 is 1.21 bits per heavy atom. The Morgan fingerprint density at radius 3 is 1.93 bits per heavy atom. The lowest BCUT2D eigenvalue weighted by Gasteiger charge is -2.24. The third-order valence-corrected chi connectivity index (χ3v) is 2.57. The molecule has 1 saturated heterocycles. The first-order valence-electron chi connectivity index (χ1n) is 4.79. The van der Waals surface area contributed by atoms with Crippen LogP contribution in [-0.4, -0.2) is 45.7 Å². The minimum atomic E-state index is -0.915. The van der Waals surface area contributed by atoms with Crippen molar-refractivity contribution in [3.63, 3.8) is 0 Å². The number of rotatable bonds is 4. The number of hydrogen-bond donors (Lipinski definition) is 2. The van der Waals surface area contributed by atoms with Crippen LogP contribution >= 0.6 is 0 Å². The molecule has 0 aromatic carbocycles. The van der Waals surface area contributed by atoms with Crippen LogP contribution in [0.4, 0.5) is 0 Å². The molecule has 5 heteroatoms. The van der Waals surface area contributed by atoms with Gasteiger partial charge in [-0.3, -0.25) is 14.5 Å². The summed E-state index contributed by atoms with van der Waals surface area (Å²) in [6.07, 6.45) is 1.64. The summed E-state index contributed by atoms with van der Waals surface area (Å²) in [5.74, 6) is -1.83. The number of nitrogens with zero attached hydrogens (tertiary/aromatic N) is 1. The lowest BCUT2D eigenvalue weighted by Crippen LogP contribution is -2.44. The van der Waals surface area contributed by atoms with E-state index in [4.69, 9.17) is 10.2 Å². The maximum atomic E-state index is 10.8. The molecule has 2 unspecified atom stereocenters. The van der Waals surface area contributed by atoms with Gasteiger partial charge in [-0.2, -0.15) is 0 Å². The summed E-state index contributed by atoms with van der Waals surface area (Å²) in [5.41, 5.74) is 0. The molecule has 1 rings (SSSR count). The van der Waals surface area contributed by atoms with E-state index < -0.39 is 24.0 Å². The number of likely N-dealkylation sites (tertiary alicyclic amines) is 1. The smallest absolute Gasteiger partial charge is 0.320 e. The Kier molecular flexibility index (Phi) is 3.46. The molecule has 0 aromatic heterocycles. The minimum absolute atomic E-state index is 0.437. The van der Waals surface area contributed by atoms with Crippen LogP contribution in [0.1, 0.15) is 26.2 Å². The predicted molar refractivity (Wildman–Crippen MR) is 49.1 cm³/mol. The highest BCUT2D eigenvalue weighted by Gasteiger charge is 2.40. The van der Waals surface area contributed by atoms with Gasteiger partial charge in [0.15, 0.2) is 0 Å². The highest BCUT2D eigenvalue weighted by atomic mass is 16.4. The molecule has 0 radical (unpaired) electrons. The fraction of sp³-hybridized carbons (Fsp3) is 0.778. The van der Waals surface area contributed by atoms with E-state index in [0.717, 1.165) is 6.42 Å². The number of carbonyl (C=O) groups is 2. The highest BCUT2D eigenvalue weighted by Crippen LogP contribution is 2.24. The van der Waals surface area contributed by atoms with Crippen LogP contribution < -0.4 is 0 Å². The van der Waals surface area contributed by atoms with E-state index in [0.29, 0.717) is 19.4 Å². The van der Waals surface area contributed by atoms with Crippen molar-refractivity contribution in [1.29, 1.82) is 0 Å². The van der Waals surface area contributed by atoms with Crippen molar-refractivity contribution in [3.05, 3.63) is 0 Å². The zero-order valence-corrected chi connectivity index (χ0v) is 8.14. The van der Waals surface area contributed by atoms with Crippen LogP contribution in [0.15, 0.2) is 0 Å².